The van der Waals surface area contributed by atoms with Crippen LogP contribution in [0, 0.1) is 5.41 Å². The van der Waals surface area contributed by atoms with E-state index in [1.165, 1.54) is 6.20 Å². The highest BCUT2D eigenvalue weighted by molar-refractivity contribution is 6.12. The van der Waals surface area contributed by atoms with E-state index < -0.39 is 0 Å². The number of hydrogen-bond acceptors (Lipinski definition) is 5. The van der Waals surface area contributed by atoms with Crippen molar-refractivity contribution in [2.24, 2.45) is 16.1 Å². The van der Waals surface area contributed by atoms with Gasteiger partial charge in [0.25, 0.3) is 0 Å². The molecule has 29 heavy (non-hydrogen) atoms. The van der Waals surface area contributed by atoms with Crippen LogP contribution in [0.4, 0.5) is 11.4 Å². The first kappa shape index (κ1) is 19.6. The van der Waals surface area contributed by atoms with E-state index in [9.17, 15) is 9.59 Å². The van der Waals surface area contributed by atoms with E-state index in [0.29, 0.717) is 19.8 Å². The average Bonchev–Trinajstić information content (AvgIpc) is 3.40. The summed E-state index contributed by atoms with van der Waals surface area (Å²) >= 11 is 0. The van der Waals surface area contributed by atoms with Crippen molar-refractivity contribution in [2.45, 2.75) is 45.7 Å². The molecule has 2 fully saturated rings. The summed E-state index contributed by atoms with van der Waals surface area (Å²) in [5, 5.41) is 0. The van der Waals surface area contributed by atoms with E-state index in [1.54, 1.807) is 18.0 Å². The number of carbonyl (C=O) groups is 2. The molecule has 154 valence electrons. The van der Waals surface area contributed by atoms with Crippen molar-refractivity contribution in [3.05, 3.63) is 30.0 Å². The fraction of sp³-hybridized carbons (Fsp3) is 0.500. The third-order valence-corrected chi connectivity index (χ3v) is 6.07. The second kappa shape index (κ2) is 7.30. The van der Waals surface area contributed by atoms with Crippen molar-refractivity contribution in [2.75, 3.05) is 29.6 Å². The van der Waals surface area contributed by atoms with Crippen molar-refractivity contribution in [3.63, 3.8) is 0 Å². The Morgan fingerprint density at radius 3 is 2.55 bits per heavy atom. The number of benzene rings is 1. The molecule has 1 atom stereocenters. The number of nitrogens with two attached hydrogens (primary N) is 1. The number of aliphatic imine (C=N–C) groups is 1. The number of fused-ring (bicyclic) bond motifs is 1. The summed E-state index contributed by atoms with van der Waals surface area (Å²) < 4.78 is 5.16. The van der Waals surface area contributed by atoms with E-state index in [4.69, 9.17) is 10.5 Å². The standard InChI is InChI=1S/C22H28N4O3/c1-14-11-25(21(28)22(3)6-7-22)20-8-16(4-5-19(20)26(14)15(2)27)17(9-23)10-24-18-12-29-13-18/h4-5,8-10,14,18H,6-7,11-13,23H2,1-3H3. The van der Waals surface area contributed by atoms with Crippen molar-refractivity contribution >= 4 is 35.0 Å². The Morgan fingerprint density at radius 2 is 2.00 bits per heavy atom. The SMILES string of the molecule is CC(=O)N1c2ccc(C(C=NC3COC3)=CN)cc2N(C(=O)C2(C)CC2)CC1C. The van der Waals surface area contributed by atoms with Crippen LogP contribution in [-0.4, -0.2) is 49.9 Å². The van der Waals surface area contributed by atoms with Crippen LogP contribution in [0.15, 0.2) is 29.4 Å². The van der Waals surface area contributed by atoms with Crippen LogP contribution < -0.4 is 15.5 Å². The quantitative estimate of drug-likeness (QED) is 0.792. The van der Waals surface area contributed by atoms with Crippen molar-refractivity contribution < 1.29 is 14.3 Å². The molecule has 1 aromatic rings. The van der Waals surface area contributed by atoms with E-state index in [0.717, 1.165) is 35.4 Å². The lowest BCUT2D eigenvalue weighted by atomic mass is 9.99. The number of carbonyl (C=O) groups excluding carboxylic acids is 2. The molecule has 7 heteroatoms. The van der Waals surface area contributed by atoms with Gasteiger partial charge in [-0.15, -0.1) is 0 Å². The van der Waals surface area contributed by atoms with Gasteiger partial charge in [-0.3, -0.25) is 14.6 Å². The largest absolute Gasteiger partial charge is 0.404 e. The van der Waals surface area contributed by atoms with Gasteiger partial charge in [0.15, 0.2) is 0 Å². The molecule has 3 aliphatic rings. The summed E-state index contributed by atoms with van der Waals surface area (Å²) in [5.74, 6) is 0.0990. The maximum absolute atomic E-state index is 13.2. The molecule has 7 nitrogen and oxygen atoms in total. The molecule has 1 aromatic carbocycles. The Kier molecular flexibility index (Phi) is 4.94. The highest BCUT2D eigenvalue weighted by atomic mass is 16.5. The lowest BCUT2D eigenvalue weighted by molar-refractivity contribution is -0.123. The molecule has 1 saturated heterocycles. The summed E-state index contributed by atoms with van der Waals surface area (Å²) in [7, 11) is 0. The number of amides is 2. The lowest BCUT2D eigenvalue weighted by Crippen LogP contribution is -2.52. The zero-order valence-corrected chi connectivity index (χ0v) is 17.2. The van der Waals surface area contributed by atoms with Gasteiger partial charge in [0.1, 0.15) is 0 Å². The molecule has 0 radical (unpaired) electrons. The Labute approximate surface area is 171 Å². The highest BCUT2D eigenvalue weighted by Crippen LogP contribution is 2.49. The number of hydrogen-bond donors (Lipinski definition) is 1. The van der Waals surface area contributed by atoms with E-state index in [2.05, 4.69) is 4.99 Å². The molecule has 1 saturated carbocycles. The molecule has 0 aromatic heterocycles. The summed E-state index contributed by atoms with van der Waals surface area (Å²) in [6, 6.07) is 5.87. The van der Waals surface area contributed by atoms with Gasteiger partial charge in [-0.25, -0.2) is 0 Å². The summed E-state index contributed by atoms with van der Waals surface area (Å²) in [4.78, 5) is 33.6. The van der Waals surface area contributed by atoms with E-state index in [-0.39, 0.29) is 29.3 Å². The number of anilines is 2. The van der Waals surface area contributed by atoms with Gasteiger partial charge >= 0.3 is 0 Å². The van der Waals surface area contributed by atoms with Gasteiger partial charge < -0.3 is 20.3 Å². The first-order valence-electron chi connectivity index (χ1n) is 10.1. The molecule has 2 aliphatic heterocycles. The maximum Gasteiger partial charge on any atom is 0.233 e. The minimum absolute atomic E-state index is 0.0302. The van der Waals surface area contributed by atoms with Crippen LogP contribution in [0.1, 0.15) is 39.2 Å². The first-order chi connectivity index (χ1) is 13.8. The van der Waals surface area contributed by atoms with E-state index in [1.807, 2.05) is 36.9 Å². The van der Waals surface area contributed by atoms with Crippen LogP contribution in [0.5, 0.6) is 0 Å². The van der Waals surface area contributed by atoms with Crippen molar-refractivity contribution in [3.8, 4) is 0 Å². The molecule has 2 N–H and O–H groups in total. The molecular weight excluding hydrogens is 368 g/mol. The predicted octanol–water partition coefficient (Wildman–Crippen LogP) is 2.34. The van der Waals surface area contributed by atoms with Gasteiger partial charge in [-0.1, -0.05) is 13.0 Å². The predicted molar refractivity (Wildman–Crippen MR) is 114 cm³/mol. The molecular formula is C22H28N4O3. The van der Waals surface area contributed by atoms with Crippen LogP contribution in [-0.2, 0) is 14.3 Å². The molecule has 1 unspecified atom stereocenters. The second-order valence-electron chi connectivity index (χ2n) is 8.51. The Morgan fingerprint density at radius 1 is 1.28 bits per heavy atom. The van der Waals surface area contributed by atoms with Gasteiger partial charge in [0, 0.05) is 36.9 Å². The fourth-order valence-electron chi connectivity index (χ4n) is 3.91. The average molecular weight is 396 g/mol. The summed E-state index contributed by atoms with van der Waals surface area (Å²) in [5.41, 5.74) is 8.74. The van der Waals surface area contributed by atoms with Crippen LogP contribution >= 0.6 is 0 Å². The molecule has 1 aliphatic carbocycles. The van der Waals surface area contributed by atoms with E-state index >= 15 is 0 Å². The summed E-state index contributed by atoms with van der Waals surface area (Å²) in [6.07, 6.45) is 5.10. The molecule has 0 bridgehead atoms. The van der Waals surface area contributed by atoms with Gasteiger partial charge in [0.05, 0.1) is 36.7 Å². The van der Waals surface area contributed by atoms with Gasteiger partial charge in [-0.05, 0) is 37.5 Å². The monoisotopic (exact) mass is 396 g/mol. The van der Waals surface area contributed by atoms with Gasteiger partial charge in [0.2, 0.25) is 11.8 Å². The summed E-state index contributed by atoms with van der Waals surface area (Å²) in [6.45, 7) is 7.30. The van der Waals surface area contributed by atoms with Crippen LogP contribution in [0.2, 0.25) is 0 Å². The molecule has 4 rings (SSSR count). The topological polar surface area (TPSA) is 88.2 Å². The highest BCUT2D eigenvalue weighted by Gasteiger charge is 2.49. The third-order valence-electron chi connectivity index (χ3n) is 6.07. The van der Waals surface area contributed by atoms with Crippen LogP contribution in [0.3, 0.4) is 0 Å². The number of allylic oxidation sites excluding steroid dienone is 1. The number of ether oxygens (including phenoxy) is 1. The van der Waals surface area contributed by atoms with Crippen LogP contribution in [0.25, 0.3) is 5.57 Å². The van der Waals surface area contributed by atoms with Crippen molar-refractivity contribution in [1.29, 1.82) is 0 Å². The Balaban J connectivity index is 1.73. The smallest absolute Gasteiger partial charge is 0.233 e. The second-order valence-corrected chi connectivity index (χ2v) is 8.51. The Hall–Kier alpha value is -2.67. The van der Waals surface area contributed by atoms with Gasteiger partial charge in [-0.2, -0.15) is 0 Å². The molecule has 0 spiro atoms. The Bertz CT molecular complexity index is 899. The molecule has 2 heterocycles. The minimum Gasteiger partial charge on any atom is -0.404 e. The zero-order valence-electron chi connectivity index (χ0n) is 17.2. The number of rotatable bonds is 4. The lowest BCUT2D eigenvalue weighted by Gasteiger charge is -2.42. The molecule has 2 amide bonds. The fourth-order valence-corrected chi connectivity index (χ4v) is 3.91. The maximum atomic E-state index is 13.2. The zero-order chi connectivity index (χ0) is 20.8. The number of nitrogens with zero attached hydrogens (tertiary/aromatic N) is 3. The van der Waals surface area contributed by atoms with Crippen molar-refractivity contribution in [1.82, 2.24) is 0 Å². The normalized spacial score (nSPS) is 23.7. The third kappa shape index (κ3) is 3.55. The minimum atomic E-state index is -0.288. The first-order valence-corrected chi connectivity index (χ1v) is 10.1.